The maximum Gasteiger partial charge on any atom is 0.245 e. The standard InChI is InChI=1S/C46H41BN4O2/c1-29-23-30(2)43(31(3)24-29)47-38-16-9-11-18-41(38)53-45-44(47)50(28-49(45)7)33-13-12-14-34(26-33)52-35-19-20-37-36-15-8-10-17-39(36)51(40(37)27-35)42-25-32(21-22-48-42)46(4,5)6/h8-27H,1-7H3. The second kappa shape index (κ2) is 12.3. The maximum absolute atomic E-state index is 6.68. The molecule has 260 valence electrons. The molecule has 0 bridgehead atoms. The minimum Gasteiger partial charge on any atom is -0.472 e. The number of imidazole rings is 1. The Kier molecular flexibility index (Phi) is 7.59. The van der Waals surface area contributed by atoms with Crippen LogP contribution in [0.4, 0.5) is 0 Å². The highest BCUT2D eigenvalue weighted by atomic mass is 16.5. The number of ether oxygens (including phenoxy) is 2. The number of pyridine rings is 1. The number of aromatic nitrogens is 4. The highest BCUT2D eigenvalue weighted by molar-refractivity contribution is 6.97. The number of benzene rings is 5. The summed E-state index contributed by atoms with van der Waals surface area (Å²) in [6.45, 7) is 13.2. The first-order valence-corrected chi connectivity index (χ1v) is 18.2. The number of hydrogen-bond acceptors (Lipinski definition) is 3. The van der Waals surface area contributed by atoms with Gasteiger partial charge in [0, 0.05) is 28.6 Å². The third-order valence-electron chi connectivity index (χ3n) is 10.5. The van der Waals surface area contributed by atoms with E-state index in [0.29, 0.717) is 0 Å². The van der Waals surface area contributed by atoms with Gasteiger partial charge in [0.1, 0.15) is 23.1 Å². The molecule has 0 saturated carbocycles. The fourth-order valence-corrected chi connectivity index (χ4v) is 8.18. The van der Waals surface area contributed by atoms with E-state index < -0.39 is 0 Å². The molecule has 0 atom stereocenters. The van der Waals surface area contributed by atoms with Gasteiger partial charge in [-0.2, -0.15) is 0 Å². The number of rotatable bonds is 5. The van der Waals surface area contributed by atoms with Crippen LogP contribution in [0.1, 0.15) is 43.0 Å². The van der Waals surface area contributed by atoms with Crippen LogP contribution >= 0.6 is 0 Å². The van der Waals surface area contributed by atoms with Crippen LogP contribution in [0.3, 0.4) is 0 Å². The van der Waals surface area contributed by atoms with Crippen molar-refractivity contribution in [1.82, 2.24) is 14.1 Å². The summed E-state index contributed by atoms with van der Waals surface area (Å²) in [6.07, 6.45) is 5.48. The lowest BCUT2D eigenvalue weighted by Gasteiger charge is -2.29. The number of hydrogen-bond donors (Lipinski definition) is 0. The molecule has 0 saturated heterocycles. The SMILES string of the molecule is Cc1cc(C)c(B2c3ccccc3Oc3c2n(-c2cccc(Oc4ccc5c6ccccc6n(-c6cc(C(C)(C)C)ccn6)c5c4)c2)[c-][n+]3C)c(C)c1. The van der Waals surface area contributed by atoms with Gasteiger partial charge in [-0.3, -0.25) is 9.13 Å². The Bertz CT molecular complexity index is 2710. The van der Waals surface area contributed by atoms with E-state index in [4.69, 9.17) is 14.5 Å². The molecule has 9 rings (SSSR count). The van der Waals surface area contributed by atoms with E-state index >= 15 is 0 Å². The highest BCUT2D eigenvalue weighted by Crippen LogP contribution is 2.36. The molecule has 0 N–H and O–H groups in total. The number of para-hydroxylation sites is 2. The lowest BCUT2D eigenvalue weighted by atomic mass is 9.36. The van der Waals surface area contributed by atoms with Crippen LogP contribution in [-0.4, -0.2) is 20.8 Å². The van der Waals surface area contributed by atoms with Gasteiger partial charge >= 0.3 is 0 Å². The average molecular weight is 693 g/mol. The van der Waals surface area contributed by atoms with Gasteiger partial charge < -0.3 is 14.0 Å². The third kappa shape index (κ3) is 5.50. The zero-order chi connectivity index (χ0) is 36.6. The molecule has 1 aliphatic heterocycles. The zero-order valence-electron chi connectivity index (χ0n) is 31.2. The fraction of sp³-hybridized carbons (Fsp3) is 0.174. The summed E-state index contributed by atoms with van der Waals surface area (Å²) in [5, 5.41) is 2.33. The van der Waals surface area contributed by atoms with Gasteiger partial charge in [-0.1, -0.05) is 104 Å². The van der Waals surface area contributed by atoms with E-state index in [-0.39, 0.29) is 12.1 Å². The Labute approximate surface area is 311 Å². The molecular formula is C46H41BN4O2. The molecule has 6 nitrogen and oxygen atoms in total. The summed E-state index contributed by atoms with van der Waals surface area (Å²) < 4.78 is 19.6. The predicted octanol–water partition coefficient (Wildman–Crippen LogP) is 8.23. The maximum atomic E-state index is 6.68. The van der Waals surface area contributed by atoms with Gasteiger partial charge in [0.05, 0.1) is 23.8 Å². The summed E-state index contributed by atoms with van der Waals surface area (Å²) in [5.74, 6) is 4.02. The number of fused-ring (bicyclic) bond motifs is 5. The molecule has 0 spiro atoms. The monoisotopic (exact) mass is 692 g/mol. The van der Waals surface area contributed by atoms with Crippen molar-refractivity contribution < 1.29 is 14.0 Å². The topological polar surface area (TPSA) is 45.1 Å². The van der Waals surface area contributed by atoms with Crippen LogP contribution in [0.25, 0.3) is 33.3 Å². The van der Waals surface area contributed by atoms with Crippen LogP contribution in [0, 0.1) is 27.1 Å². The molecule has 1 aliphatic rings. The Morgan fingerprint density at radius 3 is 2.30 bits per heavy atom. The fourth-order valence-electron chi connectivity index (χ4n) is 8.18. The van der Waals surface area contributed by atoms with Crippen molar-refractivity contribution in [3.05, 3.63) is 150 Å². The van der Waals surface area contributed by atoms with Crippen molar-refractivity contribution in [2.75, 3.05) is 0 Å². The molecule has 0 amide bonds. The molecule has 0 aliphatic carbocycles. The van der Waals surface area contributed by atoms with Crippen LogP contribution < -0.4 is 30.6 Å². The molecule has 4 heterocycles. The summed E-state index contributed by atoms with van der Waals surface area (Å²) in [6, 6.07) is 40.3. The minimum absolute atomic E-state index is 0.00347. The predicted molar refractivity (Wildman–Crippen MR) is 215 cm³/mol. The molecule has 7 heteroatoms. The van der Waals surface area contributed by atoms with Crippen LogP contribution in [0.2, 0.25) is 0 Å². The molecule has 0 unspecified atom stereocenters. The molecule has 8 aromatic rings. The van der Waals surface area contributed by atoms with Gasteiger partial charge in [0.2, 0.25) is 18.9 Å². The summed E-state index contributed by atoms with van der Waals surface area (Å²) in [4.78, 5) is 4.85. The van der Waals surface area contributed by atoms with E-state index in [9.17, 15) is 0 Å². The molecule has 3 aromatic heterocycles. The quantitative estimate of drug-likeness (QED) is 0.104. The van der Waals surface area contributed by atoms with E-state index in [2.05, 4.69) is 154 Å². The van der Waals surface area contributed by atoms with E-state index in [1.807, 2.05) is 36.0 Å². The summed E-state index contributed by atoms with van der Waals surface area (Å²) in [7, 11) is 2.00. The van der Waals surface area contributed by atoms with Crippen molar-refractivity contribution in [1.29, 1.82) is 0 Å². The Morgan fingerprint density at radius 1 is 0.755 bits per heavy atom. The molecular weight excluding hydrogens is 651 g/mol. The molecule has 53 heavy (non-hydrogen) atoms. The van der Waals surface area contributed by atoms with Gasteiger partial charge in [-0.15, -0.1) is 0 Å². The van der Waals surface area contributed by atoms with Gasteiger partial charge in [-0.25, -0.2) is 4.98 Å². The Morgan fingerprint density at radius 2 is 1.49 bits per heavy atom. The normalized spacial score (nSPS) is 12.5. The Hall–Kier alpha value is -6.08. The van der Waals surface area contributed by atoms with Crippen LogP contribution in [-0.2, 0) is 12.5 Å². The highest BCUT2D eigenvalue weighted by Gasteiger charge is 2.37. The van der Waals surface area contributed by atoms with E-state index in [1.165, 1.54) is 33.1 Å². The molecule has 0 radical (unpaired) electrons. The number of nitrogens with zero attached hydrogens (tertiary/aromatic N) is 4. The second-order valence-corrected chi connectivity index (χ2v) is 15.4. The minimum atomic E-state index is -0.0488. The first-order valence-electron chi connectivity index (χ1n) is 18.2. The van der Waals surface area contributed by atoms with E-state index in [0.717, 1.165) is 62.1 Å². The summed E-state index contributed by atoms with van der Waals surface area (Å²) >= 11 is 0. The van der Waals surface area contributed by atoms with Crippen molar-refractivity contribution in [3.63, 3.8) is 0 Å². The molecule has 5 aromatic carbocycles. The Balaban J connectivity index is 1.15. The smallest absolute Gasteiger partial charge is 0.245 e. The lowest BCUT2D eigenvalue weighted by Crippen LogP contribution is -2.59. The van der Waals surface area contributed by atoms with Crippen LogP contribution in [0.5, 0.6) is 23.1 Å². The average Bonchev–Trinajstić information content (AvgIpc) is 3.64. The van der Waals surface area contributed by atoms with Crippen molar-refractivity contribution in [3.8, 4) is 34.6 Å². The van der Waals surface area contributed by atoms with Gasteiger partial charge in [0.25, 0.3) is 0 Å². The van der Waals surface area contributed by atoms with Crippen molar-refractivity contribution >= 4 is 45.0 Å². The van der Waals surface area contributed by atoms with Crippen molar-refractivity contribution in [2.45, 2.75) is 47.0 Å². The first-order chi connectivity index (χ1) is 25.5. The van der Waals surface area contributed by atoms with Gasteiger partial charge in [-0.05, 0) is 85.7 Å². The third-order valence-corrected chi connectivity index (χ3v) is 10.5. The van der Waals surface area contributed by atoms with E-state index in [1.54, 1.807) is 0 Å². The first kappa shape index (κ1) is 32.8. The summed E-state index contributed by atoms with van der Waals surface area (Å²) in [5.41, 5.74) is 11.6. The molecule has 0 fully saturated rings. The second-order valence-electron chi connectivity index (χ2n) is 15.4. The van der Waals surface area contributed by atoms with Crippen LogP contribution in [0.15, 0.2) is 121 Å². The lowest BCUT2D eigenvalue weighted by molar-refractivity contribution is -0.678. The zero-order valence-corrected chi connectivity index (χ0v) is 31.2. The van der Waals surface area contributed by atoms with Crippen molar-refractivity contribution in [2.24, 2.45) is 7.05 Å². The van der Waals surface area contributed by atoms with Gasteiger partial charge in [0.15, 0.2) is 0 Å². The largest absolute Gasteiger partial charge is 0.472 e. The number of aryl methyl sites for hydroxylation is 4.